The first-order chi connectivity index (χ1) is 18.3. The predicted molar refractivity (Wildman–Crippen MR) is 149 cm³/mol. The number of carbonyl (C=O) groups is 2. The van der Waals surface area contributed by atoms with Crippen LogP contribution in [0.3, 0.4) is 0 Å². The number of aryl methyl sites for hydroxylation is 2. The summed E-state index contributed by atoms with van der Waals surface area (Å²) in [7, 11) is 1.29. The fraction of sp³-hybridized carbons (Fsp3) is 0.481. The molecule has 1 fully saturated rings. The molecule has 0 radical (unpaired) electrons. The highest BCUT2D eigenvalue weighted by Gasteiger charge is 2.46. The van der Waals surface area contributed by atoms with E-state index in [0.717, 1.165) is 57.2 Å². The topological polar surface area (TPSA) is 119 Å². The van der Waals surface area contributed by atoms with Gasteiger partial charge in [0, 0.05) is 38.7 Å². The highest BCUT2D eigenvalue weighted by atomic mass is 127. The van der Waals surface area contributed by atoms with Crippen LogP contribution in [0.15, 0.2) is 30.5 Å². The number of benzene rings is 1. The van der Waals surface area contributed by atoms with Crippen LogP contribution < -0.4 is 10.1 Å². The number of nitrogens with zero attached hydrogens (tertiary/aromatic N) is 3. The fourth-order valence-electron chi connectivity index (χ4n) is 4.92. The molecule has 2 N–H and O–H groups in total. The van der Waals surface area contributed by atoms with Crippen molar-refractivity contribution in [3.8, 4) is 5.88 Å². The lowest BCUT2D eigenvalue weighted by Crippen LogP contribution is -2.49. The highest BCUT2D eigenvalue weighted by Crippen LogP contribution is 2.33. The van der Waals surface area contributed by atoms with Gasteiger partial charge in [-0.05, 0) is 65.8 Å². The first-order valence-electron chi connectivity index (χ1n) is 13.0. The molecule has 6 bridgehead atoms. The summed E-state index contributed by atoms with van der Waals surface area (Å²) in [6.45, 7) is 3.85. The molecule has 0 unspecified atom stereocenters. The molecule has 4 heterocycles. The number of halogens is 1. The Balaban J connectivity index is 1.52. The number of carbonyl (C=O) groups excluding carboxylic acids is 2. The van der Waals surface area contributed by atoms with Gasteiger partial charge in [0.15, 0.2) is 6.04 Å². The van der Waals surface area contributed by atoms with Gasteiger partial charge in [0.05, 0.1) is 7.11 Å². The number of methoxy groups -OCH3 is 1. The summed E-state index contributed by atoms with van der Waals surface area (Å²) in [5.41, 5.74) is 2.21. The average molecular weight is 633 g/mol. The summed E-state index contributed by atoms with van der Waals surface area (Å²) in [6, 6.07) is 6.66. The number of hydrogen-bond acceptors (Lipinski definition) is 8. The van der Waals surface area contributed by atoms with E-state index in [1.54, 1.807) is 6.20 Å². The second-order valence-electron chi connectivity index (χ2n) is 10.1. The Morgan fingerprint density at radius 2 is 2.00 bits per heavy atom. The Morgan fingerprint density at radius 3 is 2.79 bits per heavy atom. The SMILES string of the molecule is COC(=O)[C@@H]1C[C@@H]2Oc3ncc(I)c4ccc(cc34)CCCCCc3cc(n[nH]3)N[C@@H](C(C)C)C(=O)N1O2. The second kappa shape index (κ2) is 11.4. The molecule has 1 amide bonds. The largest absolute Gasteiger partial charge is 0.467 e. The van der Waals surface area contributed by atoms with Crippen LogP contribution in [0.1, 0.15) is 50.8 Å². The molecule has 2 aliphatic heterocycles. The molecule has 1 aromatic carbocycles. The summed E-state index contributed by atoms with van der Waals surface area (Å²) in [6.07, 6.45) is 5.95. The maximum Gasteiger partial charge on any atom is 0.331 e. The molecule has 38 heavy (non-hydrogen) atoms. The van der Waals surface area contributed by atoms with Crippen molar-refractivity contribution in [2.45, 2.75) is 70.7 Å². The number of aromatic nitrogens is 3. The zero-order chi connectivity index (χ0) is 26.8. The fourth-order valence-corrected chi connectivity index (χ4v) is 5.53. The van der Waals surface area contributed by atoms with Crippen molar-refractivity contribution in [2.75, 3.05) is 12.4 Å². The number of ether oxygens (including phenoxy) is 2. The Hall–Kier alpha value is -2.93. The average Bonchev–Trinajstić information content (AvgIpc) is 3.54. The minimum atomic E-state index is -0.952. The standard InChI is InChI=1S/C27H32IN5O5/c1-15(2)24-26(34)33-21(27(35)36-3)13-23(38-33)37-25-19-11-16(9-10-18(19)20(28)14-29-25)7-5-4-6-8-17-12-22(30-24)32-31-17/h9-12,14-15,21,23-24H,4-8,13H2,1-3H3,(H2,30,31,32)/t21-,23+,24-/m0/s1. The van der Waals surface area contributed by atoms with E-state index >= 15 is 0 Å². The van der Waals surface area contributed by atoms with Crippen LogP contribution in [-0.4, -0.2) is 57.6 Å². The number of amides is 1. The molecule has 3 atom stereocenters. The lowest BCUT2D eigenvalue weighted by molar-refractivity contribution is -0.219. The van der Waals surface area contributed by atoms with Crippen molar-refractivity contribution >= 4 is 51.1 Å². The third-order valence-electron chi connectivity index (χ3n) is 7.01. The molecule has 11 heteroatoms. The van der Waals surface area contributed by atoms with Crippen LogP contribution >= 0.6 is 22.6 Å². The molecule has 0 spiro atoms. The first kappa shape index (κ1) is 26.7. The minimum absolute atomic E-state index is 0.112. The van der Waals surface area contributed by atoms with Gasteiger partial charge in [-0.1, -0.05) is 32.4 Å². The van der Waals surface area contributed by atoms with Crippen LogP contribution in [0.2, 0.25) is 0 Å². The smallest absolute Gasteiger partial charge is 0.331 e. The second-order valence-corrected chi connectivity index (χ2v) is 11.3. The number of hydroxylamine groups is 2. The minimum Gasteiger partial charge on any atom is -0.467 e. The Bertz CT molecular complexity index is 1330. The van der Waals surface area contributed by atoms with Crippen molar-refractivity contribution < 1.29 is 23.9 Å². The Morgan fingerprint density at radius 1 is 1.18 bits per heavy atom. The Labute approximate surface area is 234 Å². The van der Waals surface area contributed by atoms with Crippen LogP contribution in [0.4, 0.5) is 5.82 Å². The van der Waals surface area contributed by atoms with Gasteiger partial charge in [-0.3, -0.25) is 9.89 Å². The summed E-state index contributed by atoms with van der Waals surface area (Å²) in [4.78, 5) is 36.9. The lowest BCUT2D eigenvalue weighted by Gasteiger charge is -2.28. The van der Waals surface area contributed by atoms with E-state index in [9.17, 15) is 9.59 Å². The summed E-state index contributed by atoms with van der Waals surface area (Å²) < 4.78 is 12.2. The van der Waals surface area contributed by atoms with Gasteiger partial charge in [-0.2, -0.15) is 5.10 Å². The van der Waals surface area contributed by atoms with Crippen molar-refractivity contribution in [1.29, 1.82) is 0 Å². The highest BCUT2D eigenvalue weighted by molar-refractivity contribution is 14.1. The van der Waals surface area contributed by atoms with E-state index in [-0.39, 0.29) is 12.3 Å². The van der Waals surface area contributed by atoms with Gasteiger partial charge < -0.3 is 14.8 Å². The molecular weight excluding hydrogens is 601 g/mol. The summed E-state index contributed by atoms with van der Waals surface area (Å²) in [5.74, 6) is -0.0946. The molecule has 1 saturated heterocycles. The van der Waals surface area contributed by atoms with E-state index in [1.807, 2.05) is 19.9 Å². The molecule has 202 valence electrons. The van der Waals surface area contributed by atoms with Crippen molar-refractivity contribution in [2.24, 2.45) is 5.92 Å². The van der Waals surface area contributed by atoms with E-state index in [1.165, 1.54) is 12.7 Å². The lowest BCUT2D eigenvalue weighted by atomic mass is 10.0. The predicted octanol–water partition coefficient (Wildman–Crippen LogP) is 4.38. The van der Waals surface area contributed by atoms with Gasteiger partial charge >= 0.3 is 5.97 Å². The van der Waals surface area contributed by atoms with Gasteiger partial charge in [-0.15, -0.1) is 0 Å². The maximum absolute atomic E-state index is 13.7. The molecule has 10 nitrogen and oxygen atoms in total. The Kier molecular flexibility index (Phi) is 8.03. The van der Waals surface area contributed by atoms with E-state index in [4.69, 9.17) is 14.3 Å². The van der Waals surface area contributed by atoms with E-state index in [0.29, 0.717) is 11.7 Å². The number of H-pyrrole nitrogens is 1. The van der Waals surface area contributed by atoms with Crippen molar-refractivity contribution in [3.05, 3.63) is 45.3 Å². The van der Waals surface area contributed by atoms with E-state index < -0.39 is 30.3 Å². The number of pyridine rings is 1. The molecule has 2 aromatic heterocycles. The van der Waals surface area contributed by atoms with Crippen LogP contribution in [0, 0.1) is 9.49 Å². The molecule has 5 rings (SSSR count). The first-order valence-corrected chi connectivity index (χ1v) is 14.0. The third kappa shape index (κ3) is 5.58. The van der Waals surface area contributed by atoms with Crippen LogP contribution in [0.25, 0.3) is 10.8 Å². The van der Waals surface area contributed by atoms with E-state index in [2.05, 4.69) is 61.3 Å². The summed E-state index contributed by atoms with van der Waals surface area (Å²) >= 11 is 2.26. The summed E-state index contributed by atoms with van der Waals surface area (Å²) in [5, 5.41) is 13.7. The molecule has 3 aromatic rings. The quantitative estimate of drug-likeness (QED) is 0.316. The van der Waals surface area contributed by atoms with Gasteiger partial charge in [0.2, 0.25) is 12.2 Å². The zero-order valence-electron chi connectivity index (χ0n) is 21.7. The maximum atomic E-state index is 13.7. The van der Waals surface area contributed by atoms with Gasteiger partial charge in [0.1, 0.15) is 11.9 Å². The van der Waals surface area contributed by atoms with Crippen molar-refractivity contribution in [3.63, 3.8) is 0 Å². The van der Waals surface area contributed by atoms with Gasteiger partial charge in [-0.25, -0.2) is 19.7 Å². The number of aromatic amines is 1. The molecule has 0 saturated carbocycles. The zero-order valence-corrected chi connectivity index (χ0v) is 23.9. The molecular formula is C27H32IN5O5. The monoisotopic (exact) mass is 633 g/mol. The number of fused-ring (bicyclic) bond motifs is 5. The normalized spacial score (nSPS) is 22.5. The number of rotatable bonds is 2. The number of nitrogens with one attached hydrogen (secondary N) is 2. The number of hydrogen-bond donors (Lipinski definition) is 2. The molecule has 2 aliphatic rings. The van der Waals surface area contributed by atoms with Crippen molar-refractivity contribution in [1.82, 2.24) is 20.2 Å². The van der Waals surface area contributed by atoms with Gasteiger partial charge in [0.25, 0.3) is 5.91 Å². The number of esters is 1. The number of anilines is 1. The van der Waals surface area contributed by atoms with Crippen LogP contribution in [0.5, 0.6) is 5.88 Å². The molecule has 0 aliphatic carbocycles. The van der Waals surface area contributed by atoms with Crippen LogP contribution in [-0.2, 0) is 32.0 Å². The third-order valence-corrected chi connectivity index (χ3v) is 7.87.